The van der Waals surface area contributed by atoms with Crippen molar-refractivity contribution < 1.29 is 9.18 Å². The molecule has 0 saturated carbocycles. The molecular formula is C13H9FN3O+. The summed E-state index contributed by atoms with van der Waals surface area (Å²) in [7, 11) is 0. The molecule has 0 unspecified atom stereocenters. The molecule has 0 spiro atoms. The third-order valence-corrected chi connectivity index (χ3v) is 2.27. The molecule has 2 rings (SSSR count). The summed E-state index contributed by atoms with van der Waals surface area (Å²) in [5.41, 5.74) is 0.714. The maximum atomic E-state index is 13.2. The van der Waals surface area contributed by atoms with Gasteiger partial charge in [0.1, 0.15) is 5.82 Å². The molecule has 5 heteroatoms. The predicted octanol–water partition coefficient (Wildman–Crippen LogP) is 0.756. The van der Waals surface area contributed by atoms with Crippen molar-refractivity contribution >= 4 is 29.4 Å². The van der Waals surface area contributed by atoms with Gasteiger partial charge in [0.15, 0.2) is 0 Å². The number of nitrogens with one attached hydrogen (secondary N) is 1. The molecule has 0 fully saturated rings. The number of halogens is 1. The summed E-state index contributed by atoms with van der Waals surface area (Å²) in [6.07, 6.45) is 6.51. The molecule has 18 heavy (non-hydrogen) atoms. The number of benzene rings is 1. The van der Waals surface area contributed by atoms with E-state index in [2.05, 4.69) is 20.9 Å². The van der Waals surface area contributed by atoms with E-state index in [-0.39, 0.29) is 11.3 Å². The minimum absolute atomic E-state index is 0.0950. The first-order valence-corrected chi connectivity index (χ1v) is 5.14. The normalized spacial score (nSPS) is 12.7. The summed E-state index contributed by atoms with van der Waals surface area (Å²) in [6, 6.07) is 4.01. The van der Waals surface area contributed by atoms with Gasteiger partial charge in [0.05, 0.1) is 12.5 Å². The third-order valence-electron chi connectivity index (χ3n) is 2.27. The molecule has 1 aliphatic heterocycles. The number of amides is 1. The molecule has 0 aliphatic carbocycles. The van der Waals surface area contributed by atoms with Crippen molar-refractivity contribution in [3.8, 4) is 12.3 Å². The van der Waals surface area contributed by atoms with Crippen molar-refractivity contribution in [1.29, 1.82) is 0 Å². The zero-order valence-corrected chi connectivity index (χ0v) is 9.57. The van der Waals surface area contributed by atoms with Gasteiger partial charge in [-0.2, -0.15) is 0 Å². The number of amidine groups is 1. The highest BCUT2D eigenvalue weighted by Crippen LogP contribution is 2.13. The molecule has 4 nitrogen and oxygen atoms in total. The van der Waals surface area contributed by atoms with Crippen molar-refractivity contribution in [2.45, 2.75) is 6.92 Å². The first-order valence-electron chi connectivity index (χ1n) is 5.14. The number of anilines is 1. The highest BCUT2D eigenvalue weighted by atomic mass is 19.1. The Morgan fingerprint density at radius 2 is 2.33 bits per heavy atom. The van der Waals surface area contributed by atoms with Gasteiger partial charge in [0.2, 0.25) is 6.21 Å². The quantitative estimate of drug-likeness (QED) is 0.604. The highest BCUT2D eigenvalue weighted by molar-refractivity contribution is 6.64. The highest BCUT2D eigenvalue weighted by Gasteiger charge is 2.23. The molecule has 0 aromatic heterocycles. The average molecular weight is 242 g/mol. The number of hydrogen-bond donors (Lipinski definition) is 1. The van der Waals surface area contributed by atoms with Gasteiger partial charge in [-0.3, -0.25) is 4.79 Å². The average Bonchev–Trinajstić information content (AvgIpc) is 2.78. The van der Waals surface area contributed by atoms with Crippen LogP contribution < -0.4 is 9.98 Å². The molecule has 1 N–H and O–H groups in total. The van der Waals surface area contributed by atoms with Crippen molar-refractivity contribution in [3.05, 3.63) is 29.6 Å². The van der Waals surface area contributed by atoms with Crippen LogP contribution in [-0.4, -0.2) is 23.7 Å². The van der Waals surface area contributed by atoms with Crippen LogP contribution in [0.5, 0.6) is 0 Å². The Morgan fingerprint density at radius 1 is 1.56 bits per heavy atom. The smallest absolute Gasteiger partial charge is 0.319 e. The zero-order valence-electron chi connectivity index (χ0n) is 9.57. The first kappa shape index (κ1) is 11.8. The fraction of sp³-hybridized carbons (Fsp3) is 0.0769. The number of rotatable bonds is 2. The maximum absolute atomic E-state index is 13.2. The van der Waals surface area contributed by atoms with Crippen LogP contribution in [0.4, 0.5) is 10.1 Å². The van der Waals surface area contributed by atoms with Crippen LogP contribution in [-0.2, 0) is 4.79 Å². The van der Waals surface area contributed by atoms with Crippen molar-refractivity contribution in [3.63, 3.8) is 0 Å². The number of nitrogens with zero attached hydrogens (tertiary/aromatic N) is 2. The van der Waals surface area contributed by atoms with E-state index in [1.165, 1.54) is 24.4 Å². The first-order chi connectivity index (χ1) is 8.60. The second-order valence-corrected chi connectivity index (χ2v) is 3.60. The molecule has 0 radical (unpaired) electrons. The van der Waals surface area contributed by atoms with Crippen LogP contribution in [0, 0.1) is 18.2 Å². The molecule has 1 heterocycles. The Kier molecular flexibility index (Phi) is 3.05. The van der Waals surface area contributed by atoms with Gasteiger partial charge in [-0.25, -0.2) is 9.06 Å². The molecule has 0 bridgehead atoms. The number of carbonyl (C=O) groups excluding carboxylic acids is 1. The van der Waals surface area contributed by atoms with Crippen LogP contribution in [0.2, 0.25) is 0 Å². The van der Waals surface area contributed by atoms with E-state index in [0.717, 1.165) is 0 Å². The van der Waals surface area contributed by atoms with Gasteiger partial charge in [-0.1, -0.05) is 5.92 Å². The monoisotopic (exact) mass is 242 g/mol. The fourth-order valence-electron chi connectivity index (χ4n) is 1.40. The number of terminal acetylenes is 1. The molecule has 1 aromatic rings. The minimum atomic E-state index is -0.501. The SMILES string of the molecule is C#Cc1cc(NC(=O)C2=NC(C)=[N+]=C2)ccc1F. The molecule has 1 amide bonds. The fourth-order valence-corrected chi connectivity index (χ4v) is 1.40. The minimum Gasteiger partial charge on any atom is -0.319 e. The maximum Gasteiger partial charge on any atom is 0.387 e. The lowest BCUT2D eigenvalue weighted by Crippen LogP contribution is -2.23. The summed E-state index contributed by atoms with van der Waals surface area (Å²) in [6.45, 7) is 1.69. The van der Waals surface area contributed by atoms with E-state index in [1.807, 2.05) is 0 Å². The van der Waals surface area contributed by atoms with Gasteiger partial charge < -0.3 is 5.32 Å². The Bertz CT molecular complexity index is 661. The standard InChI is InChI=1S/C13H8FN3O/c1-3-9-6-10(4-5-11(9)14)17-13(18)12-7-15-8(2)16-12/h1,4-7H,2H3/p+1. The van der Waals surface area contributed by atoms with Crippen LogP contribution in [0.15, 0.2) is 23.2 Å². The topological polar surface area (TPSA) is 55.6 Å². The van der Waals surface area contributed by atoms with Crippen LogP contribution >= 0.6 is 0 Å². The van der Waals surface area contributed by atoms with Gasteiger partial charge in [-0.15, -0.1) is 6.42 Å². The van der Waals surface area contributed by atoms with Gasteiger partial charge in [0.25, 0.3) is 5.71 Å². The summed E-state index contributed by atoms with van der Waals surface area (Å²) in [4.78, 5) is 15.7. The van der Waals surface area contributed by atoms with Crippen LogP contribution in [0.25, 0.3) is 0 Å². The van der Waals surface area contributed by atoms with Crippen LogP contribution in [0.1, 0.15) is 12.5 Å². The van der Waals surface area contributed by atoms with E-state index in [0.29, 0.717) is 11.5 Å². The number of carbonyl (C=O) groups is 1. The Hall–Kier alpha value is -2.70. The zero-order chi connectivity index (χ0) is 13.1. The van der Waals surface area contributed by atoms with Crippen molar-refractivity contribution in [2.24, 2.45) is 4.99 Å². The van der Waals surface area contributed by atoms with Crippen LogP contribution in [0.3, 0.4) is 0 Å². The summed E-state index contributed by atoms with van der Waals surface area (Å²) in [5.74, 6) is 1.80. The molecule has 88 valence electrons. The van der Waals surface area contributed by atoms with Gasteiger partial charge in [-0.05, 0) is 23.2 Å². The third kappa shape index (κ3) is 2.34. The van der Waals surface area contributed by atoms with E-state index < -0.39 is 11.7 Å². The summed E-state index contributed by atoms with van der Waals surface area (Å²) < 4.78 is 17.0. The van der Waals surface area contributed by atoms with E-state index in [4.69, 9.17) is 6.42 Å². The predicted molar refractivity (Wildman–Crippen MR) is 69.3 cm³/mol. The lowest BCUT2D eigenvalue weighted by Gasteiger charge is -2.02. The largest absolute Gasteiger partial charge is 0.387 e. The Labute approximate surface area is 103 Å². The molecule has 0 saturated heterocycles. The van der Waals surface area contributed by atoms with Crippen molar-refractivity contribution in [2.75, 3.05) is 5.32 Å². The lowest BCUT2D eigenvalue weighted by atomic mass is 10.2. The van der Waals surface area contributed by atoms with E-state index >= 15 is 0 Å². The Morgan fingerprint density at radius 3 is 2.94 bits per heavy atom. The molecular weight excluding hydrogens is 233 g/mol. The number of hydrogen-bond acceptors (Lipinski definition) is 2. The summed E-state index contributed by atoms with van der Waals surface area (Å²) in [5, 5.41) is 2.57. The number of aliphatic imine (C=N–C) groups is 1. The van der Waals surface area contributed by atoms with Gasteiger partial charge in [0, 0.05) is 5.69 Å². The second-order valence-electron chi connectivity index (χ2n) is 3.60. The molecule has 0 atom stereocenters. The second kappa shape index (κ2) is 4.66. The van der Waals surface area contributed by atoms with E-state index in [1.54, 1.807) is 6.92 Å². The van der Waals surface area contributed by atoms with Crippen molar-refractivity contribution in [1.82, 2.24) is 4.67 Å². The molecule has 1 aromatic carbocycles. The summed E-state index contributed by atoms with van der Waals surface area (Å²) >= 11 is 0. The molecule has 1 aliphatic rings. The Balaban J connectivity index is 2.16. The van der Waals surface area contributed by atoms with E-state index in [9.17, 15) is 9.18 Å². The van der Waals surface area contributed by atoms with Gasteiger partial charge >= 0.3 is 11.7 Å². The lowest BCUT2D eigenvalue weighted by molar-refractivity contribution is -0.110.